The highest BCUT2D eigenvalue weighted by molar-refractivity contribution is 6.11. The van der Waals surface area contributed by atoms with Crippen molar-refractivity contribution >= 4 is 77.9 Å². The summed E-state index contributed by atoms with van der Waals surface area (Å²) in [5, 5.41) is 4.79. The summed E-state index contributed by atoms with van der Waals surface area (Å²) < 4.78 is 8.66. The van der Waals surface area contributed by atoms with Gasteiger partial charge in [-0.25, -0.2) is 0 Å². The van der Waals surface area contributed by atoms with Gasteiger partial charge in [0.2, 0.25) is 0 Å². The van der Waals surface area contributed by atoms with Crippen LogP contribution in [0.1, 0.15) is 99.9 Å². The number of anilines is 6. The lowest BCUT2D eigenvalue weighted by Crippen LogP contribution is -2.15. The van der Waals surface area contributed by atoms with Gasteiger partial charge in [0.25, 0.3) is 0 Å². The number of rotatable bonds is 13. The molecule has 0 spiro atoms. The van der Waals surface area contributed by atoms with E-state index in [1.807, 2.05) is 12.1 Å². The van der Waals surface area contributed by atoms with Crippen molar-refractivity contribution in [1.29, 1.82) is 0 Å². The van der Waals surface area contributed by atoms with E-state index in [0.29, 0.717) is 0 Å². The molecule has 0 saturated heterocycles. The number of para-hydroxylation sites is 5. The van der Waals surface area contributed by atoms with Crippen molar-refractivity contribution in [3.05, 3.63) is 475 Å². The number of aromatic nitrogens is 1. The monoisotopic (exact) mass is 1670 g/mol. The average Bonchev–Trinajstić information content (AvgIpc) is 1.58. The van der Waals surface area contributed by atoms with E-state index in [1.165, 1.54) is 172 Å². The molecule has 21 aromatic rings. The molecule has 4 heteroatoms. The molecule has 2 heterocycles. The average molecular weight is 1670 g/mol. The SMILES string of the molecule is CC1(C)c2ccccc2-c2ccc(-c3cc(-c4ccc5c(c4)C(C)(C)c4ccccc4-5)cc(N(c4ccccc4)c4ccc(-c5ccc6c(c5)c5ccccc5n6-c5ccccc5)cc4)c3)cc21.CC1(C)c2ccccc2-c2ccc(-c3cc(-c4ccc5c(c4)C(C)(C)c4ccccc4-5)cc(N(c4ccccc4)c4ccc(-c5ccc6c(c5)oc5ccccc56)cc4)c3)cc21. The smallest absolute Gasteiger partial charge is 0.136 e. The Morgan fingerprint density at radius 1 is 0.177 bits per heavy atom. The zero-order valence-electron chi connectivity index (χ0n) is 74.2. The molecule has 25 rings (SSSR count). The van der Waals surface area contributed by atoms with Gasteiger partial charge in [-0.3, -0.25) is 0 Å². The number of furan rings is 1. The first-order valence-electron chi connectivity index (χ1n) is 45.7. The van der Waals surface area contributed by atoms with Gasteiger partial charge in [0.15, 0.2) is 0 Å². The van der Waals surface area contributed by atoms with Crippen molar-refractivity contribution in [1.82, 2.24) is 4.57 Å². The number of benzene rings is 19. The van der Waals surface area contributed by atoms with Crippen molar-refractivity contribution in [2.24, 2.45) is 0 Å². The molecule has 0 amide bonds. The molecule has 0 atom stereocenters. The van der Waals surface area contributed by atoms with Crippen LogP contribution in [0.3, 0.4) is 0 Å². The zero-order valence-corrected chi connectivity index (χ0v) is 74.2. The third kappa shape index (κ3) is 12.6. The van der Waals surface area contributed by atoms with E-state index in [-0.39, 0.29) is 21.7 Å². The number of hydrogen-bond acceptors (Lipinski definition) is 3. The van der Waals surface area contributed by atoms with Crippen LogP contribution in [0.5, 0.6) is 0 Å². The first-order chi connectivity index (χ1) is 63.4. The van der Waals surface area contributed by atoms with E-state index in [0.717, 1.165) is 67.2 Å². The van der Waals surface area contributed by atoms with Crippen LogP contribution in [0.2, 0.25) is 0 Å². The third-order valence-corrected chi connectivity index (χ3v) is 29.0. The van der Waals surface area contributed by atoms with Gasteiger partial charge in [0.1, 0.15) is 11.2 Å². The second-order valence-electron chi connectivity index (χ2n) is 37.9. The van der Waals surface area contributed by atoms with Gasteiger partial charge in [0.05, 0.1) is 11.0 Å². The van der Waals surface area contributed by atoms with Gasteiger partial charge >= 0.3 is 0 Å². The molecule has 0 N–H and O–H groups in total. The van der Waals surface area contributed by atoms with E-state index in [2.05, 4.69) is 488 Å². The topological polar surface area (TPSA) is 24.6 Å². The summed E-state index contributed by atoms with van der Waals surface area (Å²) in [5.74, 6) is 0. The summed E-state index contributed by atoms with van der Waals surface area (Å²) in [6, 6.07) is 159. The Balaban J connectivity index is 0.000000145. The Morgan fingerprint density at radius 2 is 0.469 bits per heavy atom. The highest BCUT2D eigenvalue weighted by atomic mass is 16.3. The molecule has 0 saturated carbocycles. The van der Waals surface area contributed by atoms with Crippen LogP contribution in [-0.4, -0.2) is 4.57 Å². The van der Waals surface area contributed by atoms with Crippen LogP contribution in [-0.2, 0) is 21.7 Å². The fraction of sp³-hybridized carbons (Fsp3) is 0.0952. The number of nitrogens with zero attached hydrogens (tertiary/aromatic N) is 3. The predicted molar refractivity (Wildman–Crippen MR) is 547 cm³/mol. The fourth-order valence-electron chi connectivity index (χ4n) is 22.3. The summed E-state index contributed by atoms with van der Waals surface area (Å²) in [5.41, 5.74) is 47.6. The molecule has 130 heavy (non-hydrogen) atoms. The largest absolute Gasteiger partial charge is 0.456 e. The van der Waals surface area contributed by atoms with Crippen molar-refractivity contribution in [3.63, 3.8) is 0 Å². The van der Waals surface area contributed by atoms with E-state index in [4.69, 9.17) is 4.42 Å². The molecule has 0 unspecified atom stereocenters. The molecule has 0 bridgehead atoms. The van der Waals surface area contributed by atoms with Gasteiger partial charge in [-0.15, -0.1) is 0 Å². The Morgan fingerprint density at radius 3 is 0.885 bits per heavy atom. The maximum Gasteiger partial charge on any atom is 0.136 e. The van der Waals surface area contributed by atoms with Gasteiger partial charge in [-0.2, -0.15) is 0 Å². The molecule has 4 aliphatic rings. The van der Waals surface area contributed by atoms with Crippen LogP contribution in [0.4, 0.5) is 34.1 Å². The number of fused-ring (bicyclic) bond motifs is 18. The van der Waals surface area contributed by atoms with Gasteiger partial charge < -0.3 is 18.8 Å². The minimum Gasteiger partial charge on any atom is -0.456 e. The highest BCUT2D eigenvalue weighted by Gasteiger charge is 2.40. The Labute approximate surface area is 760 Å². The maximum atomic E-state index is 6.28. The minimum absolute atomic E-state index is 0.101. The van der Waals surface area contributed by atoms with E-state index < -0.39 is 0 Å². The molecule has 0 aliphatic heterocycles. The molecular formula is C126H95N3O. The quantitative estimate of drug-likeness (QED) is 0.115. The summed E-state index contributed by atoms with van der Waals surface area (Å²) in [7, 11) is 0. The molecule has 4 nitrogen and oxygen atoms in total. The van der Waals surface area contributed by atoms with Gasteiger partial charge in [-0.05, 0) is 314 Å². The molecule has 4 aliphatic carbocycles. The lowest BCUT2D eigenvalue weighted by atomic mass is 9.81. The van der Waals surface area contributed by atoms with Crippen LogP contribution in [0, 0.1) is 0 Å². The molecule has 620 valence electrons. The van der Waals surface area contributed by atoms with Gasteiger partial charge in [0, 0.05) is 83.0 Å². The molecule has 0 radical (unpaired) electrons. The Hall–Kier alpha value is -15.6. The summed E-state index contributed by atoms with van der Waals surface area (Å²) in [6.45, 7) is 18.9. The molecular weight excluding hydrogens is 1570 g/mol. The molecule has 2 aromatic heterocycles. The first kappa shape index (κ1) is 77.9. The first-order valence-corrected chi connectivity index (χ1v) is 45.7. The summed E-state index contributed by atoms with van der Waals surface area (Å²) >= 11 is 0. The standard InChI is InChI=1S/C66H50N2.C60H45NO/c1-65(2)59-24-14-11-21-53(59)55-34-29-45(41-61(55)65)47-37-48(46-30-35-56-54-22-12-15-25-60(54)66(3,4)62(56)42-46)39-52(38-47)67(49-17-7-5-8-18-49)51-32-27-43(28-33-51)44-31-36-64-58(40-44)57-23-13-16-26-63(57)68(64)50-19-9-6-10-20-50;1-59(2)53-19-11-8-16-47(53)49-29-24-39(35-55(49)59)42-32-43(40-25-30-50-48-17-9-12-20-54(48)60(3,4)56(50)36-40)34-46(33-42)61(44-14-6-5-7-15-44)45-27-22-38(23-28-45)41-26-31-52-51-18-10-13-21-57(51)62-58(52)37-41/h5-42H,1-4H3;5-37H,1-4H3. The van der Waals surface area contributed by atoms with E-state index >= 15 is 0 Å². The second-order valence-corrected chi connectivity index (χ2v) is 37.9. The van der Waals surface area contributed by atoms with E-state index in [1.54, 1.807) is 0 Å². The van der Waals surface area contributed by atoms with Crippen molar-refractivity contribution in [2.75, 3.05) is 9.80 Å². The fourth-order valence-corrected chi connectivity index (χ4v) is 22.3. The van der Waals surface area contributed by atoms with Crippen LogP contribution < -0.4 is 9.80 Å². The van der Waals surface area contributed by atoms with E-state index in [9.17, 15) is 0 Å². The van der Waals surface area contributed by atoms with Crippen molar-refractivity contribution in [2.45, 2.75) is 77.0 Å². The number of hydrogen-bond donors (Lipinski definition) is 0. The second kappa shape index (κ2) is 30.0. The Bertz CT molecular complexity index is 7890. The Kier molecular flexibility index (Phi) is 18.0. The summed E-state index contributed by atoms with van der Waals surface area (Å²) in [4.78, 5) is 4.83. The lowest BCUT2D eigenvalue weighted by Gasteiger charge is -2.27. The maximum absolute atomic E-state index is 6.28. The van der Waals surface area contributed by atoms with Crippen LogP contribution in [0.25, 0.3) is 161 Å². The predicted octanol–water partition coefficient (Wildman–Crippen LogP) is 34.5. The van der Waals surface area contributed by atoms with Gasteiger partial charge in [-0.1, -0.05) is 328 Å². The zero-order chi connectivity index (χ0) is 87.5. The summed E-state index contributed by atoms with van der Waals surface area (Å²) in [6.07, 6.45) is 0. The molecule has 19 aromatic carbocycles. The van der Waals surface area contributed by atoms with Crippen molar-refractivity contribution in [3.8, 4) is 117 Å². The van der Waals surface area contributed by atoms with Crippen LogP contribution in [0.15, 0.2) is 435 Å². The minimum atomic E-state index is -0.107. The normalized spacial score (nSPS) is 13.9. The molecule has 0 fully saturated rings. The highest BCUT2D eigenvalue weighted by Crippen LogP contribution is 2.56. The third-order valence-electron chi connectivity index (χ3n) is 29.0. The van der Waals surface area contributed by atoms with Crippen molar-refractivity contribution < 1.29 is 4.42 Å². The lowest BCUT2D eigenvalue weighted by molar-refractivity contribution is 0.660. The van der Waals surface area contributed by atoms with Crippen LogP contribution >= 0.6 is 0 Å².